The fraction of sp³-hybridized carbons (Fsp3) is 0.176. The van der Waals surface area contributed by atoms with Crippen LogP contribution >= 0.6 is 0 Å². The molecule has 0 aliphatic rings. The van der Waals surface area contributed by atoms with Crippen molar-refractivity contribution in [2.24, 2.45) is 5.73 Å². The van der Waals surface area contributed by atoms with E-state index in [1.165, 1.54) is 0 Å². The molecule has 0 bridgehead atoms. The van der Waals surface area contributed by atoms with Crippen LogP contribution in [0.5, 0.6) is 11.5 Å². The molecule has 6 nitrogen and oxygen atoms in total. The largest absolute Gasteiger partial charge is 0.497 e. The molecule has 2 aromatic rings. The Morgan fingerprint density at radius 2 is 1.61 bits per heavy atom. The molecule has 0 heterocycles. The molecule has 0 spiro atoms. The highest BCUT2D eigenvalue weighted by Gasteiger charge is 2.04. The van der Waals surface area contributed by atoms with Gasteiger partial charge in [-0.05, 0) is 42.0 Å². The Morgan fingerprint density at radius 3 is 2.17 bits per heavy atom. The van der Waals surface area contributed by atoms with Crippen molar-refractivity contribution >= 4 is 11.8 Å². The predicted octanol–water partition coefficient (Wildman–Crippen LogP) is 1.49. The van der Waals surface area contributed by atoms with Crippen molar-refractivity contribution in [2.45, 2.75) is 6.54 Å². The normalized spacial score (nSPS) is 9.96. The molecule has 0 atom stereocenters. The van der Waals surface area contributed by atoms with Crippen molar-refractivity contribution < 1.29 is 19.1 Å². The molecule has 0 radical (unpaired) electrons. The number of methoxy groups -OCH3 is 1. The molecule has 0 fully saturated rings. The van der Waals surface area contributed by atoms with Crippen molar-refractivity contribution in [1.29, 1.82) is 0 Å². The summed E-state index contributed by atoms with van der Waals surface area (Å²) >= 11 is 0. The van der Waals surface area contributed by atoms with Crippen LogP contribution in [0, 0.1) is 0 Å². The van der Waals surface area contributed by atoms with Crippen LogP contribution in [0.15, 0.2) is 48.5 Å². The van der Waals surface area contributed by atoms with Crippen LogP contribution in [0.3, 0.4) is 0 Å². The summed E-state index contributed by atoms with van der Waals surface area (Å²) in [6.07, 6.45) is 0. The Bertz CT molecular complexity index is 666. The molecule has 6 heteroatoms. The summed E-state index contributed by atoms with van der Waals surface area (Å²) in [5.41, 5.74) is 6.50. The zero-order chi connectivity index (χ0) is 16.7. The molecule has 0 saturated heterocycles. The quantitative estimate of drug-likeness (QED) is 0.810. The third-order valence-corrected chi connectivity index (χ3v) is 3.16. The van der Waals surface area contributed by atoms with Gasteiger partial charge in [-0.2, -0.15) is 0 Å². The van der Waals surface area contributed by atoms with Crippen LogP contribution in [0.25, 0.3) is 0 Å². The number of carbonyl (C=O) groups excluding carboxylic acids is 2. The van der Waals surface area contributed by atoms with E-state index in [1.54, 1.807) is 31.4 Å². The van der Waals surface area contributed by atoms with E-state index in [9.17, 15) is 9.59 Å². The molecule has 3 N–H and O–H groups in total. The van der Waals surface area contributed by atoms with Gasteiger partial charge in [0.05, 0.1) is 7.11 Å². The summed E-state index contributed by atoms with van der Waals surface area (Å²) in [5, 5.41) is 2.76. The minimum Gasteiger partial charge on any atom is -0.497 e. The third-order valence-electron chi connectivity index (χ3n) is 3.16. The monoisotopic (exact) mass is 314 g/mol. The van der Waals surface area contributed by atoms with Gasteiger partial charge in [0.15, 0.2) is 6.61 Å². The maximum atomic E-state index is 11.8. The average Bonchev–Trinajstić information content (AvgIpc) is 2.59. The molecule has 0 aliphatic heterocycles. The van der Waals surface area contributed by atoms with Crippen LogP contribution in [0.1, 0.15) is 15.9 Å². The number of primary amides is 1. The summed E-state index contributed by atoms with van der Waals surface area (Å²) in [4.78, 5) is 22.7. The lowest BCUT2D eigenvalue weighted by Crippen LogP contribution is -2.28. The average molecular weight is 314 g/mol. The van der Waals surface area contributed by atoms with Gasteiger partial charge < -0.3 is 20.5 Å². The SMILES string of the molecule is COc1ccc(CNC(=O)COc2ccc(C(N)=O)cc2)cc1. The van der Waals surface area contributed by atoms with Crippen molar-refractivity contribution in [2.75, 3.05) is 13.7 Å². The number of ether oxygens (including phenoxy) is 2. The standard InChI is InChI=1S/C17H18N2O4/c1-22-14-6-2-12(3-7-14)10-19-16(20)11-23-15-8-4-13(5-9-15)17(18)21/h2-9H,10-11H2,1H3,(H2,18,21)(H,19,20). The highest BCUT2D eigenvalue weighted by Crippen LogP contribution is 2.12. The predicted molar refractivity (Wildman–Crippen MR) is 85.3 cm³/mol. The Balaban J connectivity index is 1.77. The maximum Gasteiger partial charge on any atom is 0.258 e. The topological polar surface area (TPSA) is 90.7 Å². The first kappa shape index (κ1) is 16.4. The van der Waals surface area contributed by atoms with Crippen LogP contribution in [0.4, 0.5) is 0 Å². The van der Waals surface area contributed by atoms with Gasteiger partial charge in [0, 0.05) is 12.1 Å². The lowest BCUT2D eigenvalue weighted by atomic mass is 10.2. The van der Waals surface area contributed by atoms with E-state index in [4.69, 9.17) is 15.2 Å². The van der Waals surface area contributed by atoms with Gasteiger partial charge >= 0.3 is 0 Å². The molecule has 2 rings (SSSR count). The fourth-order valence-corrected chi connectivity index (χ4v) is 1.86. The summed E-state index contributed by atoms with van der Waals surface area (Å²) in [7, 11) is 1.60. The number of benzene rings is 2. The third kappa shape index (κ3) is 5.03. The highest BCUT2D eigenvalue weighted by molar-refractivity contribution is 5.92. The van der Waals surface area contributed by atoms with Crippen molar-refractivity contribution in [3.8, 4) is 11.5 Å². The van der Waals surface area contributed by atoms with E-state index in [2.05, 4.69) is 5.32 Å². The zero-order valence-corrected chi connectivity index (χ0v) is 12.7. The van der Waals surface area contributed by atoms with Gasteiger partial charge in [0.1, 0.15) is 11.5 Å². The van der Waals surface area contributed by atoms with Gasteiger partial charge in [0.2, 0.25) is 5.91 Å². The van der Waals surface area contributed by atoms with Gasteiger partial charge in [0.25, 0.3) is 5.91 Å². The van der Waals surface area contributed by atoms with Crippen LogP contribution < -0.4 is 20.5 Å². The van der Waals surface area contributed by atoms with E-state index < -0.39 is 5.91 Å². The number of hydrogen-bond acceptors (Lipinski definition) is 4. The van der Waals surface area contributed by atoms with Gasteiger partial charge in [-0.3, -0.25) is 9.59 Å². The van der Waals surface area contributed by atoms with Gasteiger partial charge in [-0.15, -0.1) is 0 Å². The van der Waals surface area contributed by atoms with E-state index in [0.717, 1.165) is 11.3 Å². The first-order valence-electron chi connectivity index (χ1n) is 7.01. The van der Waals surface area contributed by atoms with E-state index in [0.29, 0.717) is 17.9 Å². The smallest absolute Gasteiger partial charge is 0.258 e. The Morgan fingerprint density at radius 1 is 1.00 bits per heavy atom. The fourth-order valence-electron chi connectivity index (χ4n) is 1.86. The number of nitrogens with one attached hydrogen (secondary N) is 1. The second kappa shape index (κ2) is 7.84. The number of amides is 2. The van der Waals surface area contributed by atoms with Crippen LogP contribution in [0.2, 0.25) is 0 Å². The van der Waals surface area contributed by atoms with Crippen LogP contribution in [-0.4, -0.2) is 25.5 Å². The molecule has 2 amide bonds. The van der Waals surface area contributed by atoms with Crippen molar-refractivity contribution in [3.63, 3.8) is 0 Å². The zero-order valence-electron chi connectivity index (χ0n) is 12.7. The Labute approximate surface area is 134 Å². The lowest BCUT2D eigenvalue weighted by Gasteiger charge is -2.08. The molecular formula is C17H18N2O4. The number of nitrogens with two attached hydrogens (primary N) is 1. The lowest BCUT2D eigenvalue weighted by molar-refractivity contribution is -0.123. The molecule has 0 unspecified atom stereocenters. The summed E-state index contributed by atoms with van der Waals surface area (Å²) < 4.78 is 10.4. The number of carbonyl (C=O) groups is 2. The van der Waals surface area contributed by atoms with E-state index in [1.807, 2.05) is 24.3 Å². The van der Waals surface area contributed by atoms with E-state index >= 15 is 0 Å². The molecule has 0 saturated carbocycles. The molecule has 2 aromatic carbocycles. The van der Waals surface area contributed by atoms with Crippen molar-refractivity contribution in [1.82, 2.24) is 5.32 Å². The second-order valence-electron chi connectivity index (χ2n) is 4.80. The van der Waals surface area contributed by atoms with E-state index in [-0.39, 0.29) is 12.5 Å². The highest BCUT2D eigenvalue weighted by atomic mass is 16.5. The number of hydrogen-bond donors (Lipinski definition) is 2. The molecule has 0 aromatic heterocycles. The minimum absolute atomic E-state index is 0.105. The summed E-state index contributed by atoms with van der Waals surface area (Å²) in [5.74, 6) is 0.519. The first-order chi connectivity index (χ1) is 11.1. The first-order valence-corrected chi connectivity index (χ1v) is 7.01. The molecule has 120 valence electrons. The van der Waals surface area contributed by atoms with Crippen molar-refractivity contribution in [3.05, 3.63) is 59.7 Å². The Kier molecular flexibility index (Phi) is 5.57. The Hall–Kier alpha value is -3.02. The van der Waals surface area contributed by atoms with Crippen LogP contribution in [-0.2, 0) is 11.3 Å². The molecule has 0 aliphatic carbocycles. The maximum absolute atomic E-state index is 11.8. The summed E-state index contributed by atoms with van der Waals surface area (Å²) in [6, 6.07) is 13.7. The molecule has 23 heavy (non-hydrogen) atoms. The van der Waals surface area contributed by atoms with Gasteiger partial charge in [-0.25, -0.2) is 0 Å². The number of rotatable bonds is 7. The minimum atomic E-state index is -0.506. The summed E-state index contributed by atoms with van der Waals surface area (Å²) in [6.45, 7) is 0.304. The second-order valence-corrected chi connectivity index (χ2v) is 4.80. The van der Waals surface area contributed by atoms with Gasteiger partial charge in [-0.1, -0.05) is 12.1 Å². The molecular weight excluding hydrogens is 296 g/mol.